The number of amides is 2. The number of hydrogen-bond acceptors (Lipinski definition) is 3. The molecular formula is C19H30ClN3O2. The Kier molecular flexibility index (Phi) is 8.39. The first-order valence-electron chi connectivity index (χ1n) is 8.76. The van der Waals surface area contributed by atoms with Gasteiger partial charge in [-0.15, -0.1) is 12.4 Å². The molecule has 1 heterocycles. The van der Waals surface area contributed by atoms with E-state index in [1.807, 2.05) is 50.9 Å². The van der Waals surface area contributed by atoms with Crippen LogP contribution in [0.2, 0.25) is 0 Å². The van der Waals surface area contributed by atoms with Crippen molar-refractivity contribution in [2.24, 2.45) is 5.92 Å². The minimum Gasteiger partial charge on any atom is -0.341 e. The predicted octanol–water partition coefficient (Wildman–Crippen LogP) is 2.38. The van der Waals surface area contributed by atoms with Crippen molar-refractivity contribution in [1.29, 1.82) is 0 Å². The van der Waals surface area contributed by atoms with Crippen LogP contribution in [-0.4, -0.2) is 48.9 Å². The van der Waals surface area contributed by atoms with Crippen LogP contribution in [0.5, 0.6) is 0 Å². The Morgan fingerprint density at radius 2 is 1.76 bits per heavy atom. The maximum absolute atomic E-state index is 12.9. The monoisotopic (exact) mass is 367 g/mol. The Bertz CT molecular complexity index is 584. The van der Waals surface area contributed by atoms with Gasteiger partial charge in [0.25, 0.3) is 5.91 Å². The van der Waals surface area contributed by atoms with E-state index in [1.165, 1.54) is 0 Å². The highest BCUT2D eigenvalue weighted by Crippen LogP contribution is 2.15. The lowest BCUT2D eigenvalue weighted by Crippen LogP contribution is -2.54. The second-order valence-corrected chi connectivity index (χ2v) is 6.90. The molecule has 25 heavy (non-hydrogen) atoms. The number of piperidine rings is 1. The van der Waals surface area contributed by atoms with Crippen molar-refractivity contribution in [3.05, 3.63) is 35.4 Å². The van der Waals surface area contributed by atoms with Crippen LogP contribution in [0, 0.1) is 12.8 Å². The van der Waals surface area contributed by atoms with Gasteiger partial charge in [-0.3, -0.25) is 9.59 Å². The number of carbonyl (C=O) groups is 2. The van der Waals surface area contributed by atoms with Gasteiger partial charge < -0.3 is 15.5 Å². The van der Waals surface area contributed by atoms with Crippen molar-refractivity contribution in [2.45, 2.75) is 45.7 Å². The van der Waals surface area contributed by atoms with Gasteiger partial charge in [-0.05, 0) is 44.4 Å². The second kappa shape index (κ2) is 9.78. The van der Waals surface area contributed by atoms with Crippen LogP contribution in [0.1, 0.15) is 42.6 Å². The molecule has 1 aliphatic heterocycles. The van der Waals surface area contributed by atoms with Crippen LogP contribution in [0.3, 0.4) is 0 Å². The fraction of sp³-hybridized carbons (Fsp3) is 0.579. The summed E-state index contributed by atoms with van der Waals surface area (Å²) in [5, 5.41) is 6.22. The summed E-state index contributed by atoms with van der Waals surface area (Å²) in [7, 11) is 1.96. The molecule has 1 fully saturated rings. The average molecular weight is 368 g/mol. The zero-order valence-electron chi connectivity index (χ0n) is 15.5. The van der Waals surface area contributed by atoms with E-state index >= 15 is 0 Å². The Labute approximate surface area is 157 Å². The number of nitrogens with zero attached hydrogens (tertiary/aromatic N) is 1. The Hall–Kier alpha value is -1.59. The molecular weight excluding hydrogens is 338 g/mol. The van der Waals surface area contributed by atoms with Gasteiger partial charge in [0.1, 0.15) is 6.04 Å². The van der Waals surface area contributed by atoms with Crippen LogP contribution >= 0.6 is 12.4 Å². The van der Waals surface area contributed by atoms with Gasteiger partial charge >= 0.3 is 0 Å². The molecule has 1 atom stereocenters. The van der Waals surface area contributed by atoms with Gasteiger partial charge in [0, 0.05) is 24.7 Å². The third-order valence-electron chi connectivity index (χ3n) is 4.82. The largest absolute Gasteiger partial charge is 0.341 e. The predicted molar refractivity (Wildman–Crippen MR) is 103 cm³/mol. The molecule has 0 aromatic heterocycles. The summed E-state index contributed by atoms with van der Waals surface area (Å²) in [6.07, 6.45) is 1.91. The maximum atomic E-state index is 12.9. The molecule has 1 aromatic carbocycles. The van der Waals surface area contributed by atoms with E-state index in [0.717, 1.165) is 31.5 Å². The fourth-order valence-electron chi connectivity index (χ4n) is 3.15. The first-order valence-corrected chi connectivity index (χ1v) is 8.76. The fourth-order valence-corrected chi connectivity index (χ4v) is 3.15. The first-order chi connectivity index (χ1) is 11.4. The molecule has 2 rings (SSSR count). The second-order valence-electron chi connectivity index (χ2n) is 6.90. The van der Waals surface area contributed by atoms with Crippen molar-refractivity contribution in [3.63, 3.8) is 0 Å². The number of hydrogen-bond donors (Lipinski definition) is 2. The van der Waals surface area contributed by atoms with Gasteiger partial charge in [0.05, 0.1) is 0 Å². The molecule has 0 aliphatic carbocycles. The number of nitrogens with one attached hydrogen (secondary N) is 2. The molecule has 0 saturated carbocycles. The Balaban J connectivity index is 0.00000312. The topological polar surface area (TPSA) is 61.4 Å². The van der Waals surface area contributed by atoms with Gasteiger partial charge in [0.2, 0.25) is 5.91 Å². The maximum Gasteiger partial charge on any atom is 0.252 e. The summed E-state index contributed by atoms with van der Waals surface area (Å²) < 4.78 is 0. The van der Waals surface area contributed by atoms with E-state index in [2.05, 4.69) is 10.6 Å². The molecule has 0 bridgehead atoms. The average Bonchev–Trinajstić information content (AvgIpc) is 2.59. The summed E-state index contributed by atoms with van der Waals surface area (Å²) in [6, 6.07) is 7.45. The molecule has 1 saturated heterocycles. The van der Waals surface area contributed by atoms with Crippen molar-refractivity contribution in [3.8, 4) is 0 Å². The zero-order valence-corrected chi connectivity index (χ0v) is 16.4. The van der Waals surface area contributed by atoms with Crippen molar-refractivity contribution < 1.29 is 9.59 Å². The van der Waals surface area contributed by atoms with Gasteiger partial charge in [0.15, 0.2) is 0 Å². The molecule has 1 unspecified atom stereocenters. The minimum atomic E-state index is -0.483. The number of carbonyl (C=O) groups excluding carboxylic acids is 2. The van der Waals surface area contributed by atoms with Crippen LogP contribution in [0.4, 0.5) is 0 Å². The van der Waals surface area contributed by atoms with Crippen LogP contribution in [-0.2, 0) is 4.79 Å². The molecule has 2 amide bonds. The lowest BCUT2D eigenvalue weighted by Gasteiger charge is -2.35. The molecule has 0 spiro atoms. The van der Waals surface area contributed by atoms with Gasteiger partial charge in [-0.25, -0.2) is 0 Å². The number of aryl methyl sites for hydroxylation is 1. The third-order valence-corrected chi connectivity index (χ3v) is 4.82. The van der Waals surface area contributed by atoms with Crippen molar-refractivity contribution >= 4 is 24.2 Å². The normalized spacial score (nSPS) is 16.3. The number of halogens is 1. The Morgan fingerprint density at radius 3 is 2.28 bits per heavy atom. The Morgan fingerprint density at radius 1 is 1.16 bits per heavy atom. The summed E-state index contributed by atoms with van der Waals surface area (Å²) in [5.41, 5.74) is 1.55. The molecule has 2 N–H and O–H groups in total. The quantitative estimate of drug-likeness (QED) is 0.840. The number of likely N-dealkylation sites (tertiary alicyclic amines) is 1. The van der Waals surface area contributed by atoms with Crippen molar-refractivity contribution in [2.75, 3.05) is 20.1 Å². The minimum absolute atomic E-state index is 0. The summed E-state index contributed by atoms with van der Waals surface area (Å²) in [6.45, 7) is 7.34. The summed E-state index contributed by atoms with van der Waals surface area (Å²) in [4.78, 5) is 27.3. The first kappa shape index (κ1) is 21.5. The highest BCUT2D eigenvalue weighted by Gasteiger charge is 2.31. The van der Waals surface area contributed by atoms with Crippen LogP contribution in [0.15, 0.2) is 24.3 Å². The zero-order chi connectivity index (χ0) is 17.7. The SMILES string of the molecule is CNC1CCN(C(=O)C(NC(=O)c2ccccc2C)C(C)C)CC1.Cl. The smallest absolute Gasteiger partial charge is 0.252 e. The van der Waals surface area contributed by atoms with E-state index in [0.29, 0.717) is 11.6 Å². The van der Waals surface area contributed by atoms with E-state index in [4.69, 9.17) is 0 Å². The summed E-state index contributed by atoms with van der Waals surface area (Å²) in [5.74, 6) is -0.0979. The van der Waals surface area contributed by atoms with Gasteiger partial charge in [-0.1, -0.05) is 32.0 Å². The van der Waals surface area contributed by atoms with E-state index in [9.17, 15) is 9.59 Å². The van der Waals surface area contributed by atoms with E-state index in [-0.39, 0.29) is 30.1 Å². The standard InChI is InChI=1S/C19H29N3O2.ClH/c1-13(2)17(19(24)22-11-9-15(20-4)10-12-22)21-18(23)16-8-6-5-7-14(16)3;/h5-8,13,15,17,20H,9-12H2,1-4H3,(H,21,23);1H. The van der Waals surface area contributed by atoms with Gasteiger partial charge in [-0.2, -0.15) is 0 Å². The molecule has 5 nitrogen and oxygen atoms in total. The third kappa shape index (κ3) is 5.44. The van der Waals surface area contributed by atoms with Crippen LogP contribution < -0.4 is 10.6 Å². The lowest BCUT2D eigenvalue weighted by atomic mass is 9.98. The summed E-state index contributed by atoms with van der Waals surface area (Å²) >= 11 is 0. The molecule has 140 valence electrons. The molecule has 1 aliphatic rings. The van der Waals surface area contributed by atoms with E-state index < -0.39 is 6.04 Å². The van der Waals surface area contributed by atoms with E-state index in [1.54, 1.807) is 6.07 Å². The van der Waals surface area contributed by atoms with Crippen molar-refractivity contribution in [1.82, 2.24) is 15.5 Å². The molecule has 0 radical (unpaired) electrons. The lowest BCUT2D eigenvalue weighted by molar-refractivity contribution is -0.135. The number of rotatable bonds is 5. The highest BCUT2D eigenvalue weighted by atomic mass is 35.5. The molecule has 1 aromatic rings. The number of benzene rings is 1. The highest BCUT2D eigenvalue weighted by molar-refractivity contribution is 5.98. The van der Waals surface area contributed by atoms with Crippen LogP contribution in [0.25, 0.3) is 0 Å². The molecule has 6 heteroatoms.